The molecular weight excluding hydrogens is 276 g/mol. The van der Waals surface area contributed by atoms with Crippen LogP contribution >= 0.6 is 11.6 Å². The lowest BCUT2D eigenvalue weighted by Gasteiger charge is -2.29. The summed E-state index contributed by atoms with van der Waals surface area (Å²) in [6, 6.07) is 0. The predicted molar refractivity (Wildman–Crippen MR) is 78.9 cm³/mol. The van der Waals surface area contributed by atoms with Gasteiger partial charge in [-0.25, -0.2) is 0 Å². The van der Waals surface area contributed by atoms with Crippen molar-refractivity contribution in [2.75, 3.05) is 19.7 Å². The highest BCUT2D eigenvalue weighted by atomic mass is 35.5. The summed E-state index contributed by atoms with van der Waals surface area (Å²) in [5, 5.41) is 0.666. The van der Waals surface area contributed by atoms with Crippen LogP contribution < -0.4 is 0 Å². The summed E-state index contributed by atoms with van der Waals surface area (Å²) in [6.45, 7) is 6.13. The number of carbonyl (C=O) groups excluding carboxylic acids is 1. The Morgan fingerprint density at radius 2 is 2.35 bits per heavy atom. The summed E-state index contributed by atoms with van der Waals surface area (Å²) in [5.74, 6) is 0. The molecule has 1 aromatic heterocycles. The fraction of sp³-hybridized carbons (Fsp3) is 0.600. The molecule has 0 unspecified atom stereocenters. The first-order valence-electron chi connectivity index (χ1n) is 6.96. The highest BCUT2D eigenvalue weighted by molar-refractivity contribution is 6.31. The van der Waals surface area contributed by atoms with Crippen LogP contribution in [0.25, 0.3) is 0 Å². The molecule has 0 spiro atoms. The van der Waals surface area contributed by atoms with E-state index in [-0.39, 0.29) is 5.60 Å². The van der Waals surface area contributed by atoms with E-state index in [1.807, 2.05) is 6.92 Å². The molecule has 1 amide bonds. The molecule has 2 rings (SSSR count). The number of halogens is 1. The fourth-order valence-electron chi connectivity index (χ4n) is 2.69. The SMILES string of the molecule is Cc1cncc(Cl)c1CCN(C=O)C[C@@]1(C)CCCO1. The maximum Gasteiger partial charge on any atom is 0.209 e. The molecule has 0 aliphatic carbocycles. The molecule has 110 valence electrons. The van der Waals surface area contributed by atoms with Crippen molar-refractivity contribution in [1.29, 1.82) is 0 Å². The summed E-state index contributed by atoms with van der Waals surface area (Å²) in [7, 11) is 0. The van der Waals surface area contributed by atoms with Crippen LogP contribution in [0.3, 0.4) is 0 Å². The Kier molecular flexibility index (Phi) is 5.00. The summed E-state index contributed by atoms with van der Waals surface area (Å²) in [6.07, 6.45) is 7.16. The Bertz CT molecular complexity index is 453. The molecule has 0 bridgehead atoms. The van der Waals surface area contributed by atoms with Gasteiger partial charge >= 0.3 is 0 Å². The van der Waals surface area contributed by atoms with Crippen LogP contribution in [0.1, 0.15) is 30.9 Å². The van der Waals surface area contributed by atoms with E-state index < -0.39 is 0 Å². The zero-order valence-corrected chi connectivity index (χ0v) is 12.8. The van der Waals surface area contributed by atoms with Gasteiger partial charge in [0.15, 0.2) is 0 Å². The summed E-state index contributed by atoms with van der Waals surface area (Å²) in [5.41, 5.74) is 1.93. The van der Waals surface area contributed by atoms with Crippen LogP contribution in [0.2, 0.25) is 5.02 Å². The molecule has 1 fully saturated rings. The fourth-order valence-corrected chi connectivity index (χ4v) is 2.99. The van der Waals surface area contributed by atoms with Crippen molar-refractivity contribution < 1.29 is 9.53 Å². The van der Waals surface area contributed by atoms with Crippen molar-refractivity contribution in [2.45, 2.75) is 38.7 Å². The smallest absolute Gasteiger partial charge is 0.209 e. The minimum absolute atomic E-state index is 0.196. The number of amides is 1. The highest BCUT2D eigenvalue weighted by Crippen LogP contribution is 2.26. The van der Waals surface area contributed by atoms with E-state index in [4.69, 9.17) is 16.3 Å². The monoisotopic (exact) mass is 296 g/mol. The lowest BCUT2D eigenvalue weighted by atomic mass is 10.0. The molecule has 0 radical (unpaired) electrons. The van der Waals surface area contributed by atoms with E-state index in [0.717, 1.165) is 43.4 Å². The number of hydrogen-bond donors (Lipinski definition) is 0. The molecule has 1 aromatic rings. The Morgan fingerprint density at radius 3 is 2.95 bits per heavy atom. The maximum atomic E-state index is 11.3. The van der Waals surface area contributed by atoms with Gasteiger partial charge in [-0.15, -0.1) is 0 Å². The molecule has 0 saturated carbocycles. The van der Waals surface area contributed by atoms with Gasteiger partial charge in [0.2, 0.25) is 6.41 Å². The van der Waals surface area contributed by atoms with Crippen molar-refractivity contribution in [3.63, 3.8) is 0 Å². The van der Waals surface area contributed by atoms with E-state index in [2.05, 4.69) is 11.9 Å². The van der Waals surface area contributed by atoms with E-state index in [0.29, 0.717) is 18.1 Å². The quantitative estimate of drug-likeness (QED) is 0.758. The molecule has 20 heavy (non-hydrogen) atoms. The topological polar surface area (TPSA) is 42.4 Å². The van der Waals surface area contributed by atoms with Crippen LogP contribution in [0.4, 0.5) is 0 Å². The molecule has 5 heteroatoms. The predicted octanol–water partition coefficient (Wildman–Crippen LogP) is 2.61. The van der Waals surface area contributed by atoms with E-state index in [9.17, 15) is 4.79 Å². The number of rotatable bonds is 6. The number of aromatic nitrogens is 1. The largest absolute Gasteiger partial charge is 0.373 e. The number of nitrogens with zero attached hydrogens (tertiary/aromatic N) is 2. The van der Waals surface area contributed by atoms with Crippen LogP contribution in [-0.2, 0) is 16.0 Å². The van der Waals surface area contributed by atoms with Crippen LogP contribution in [-0.4, -0.2) is 41.6 Å². The number of hydrogen-bond acceptors (Lipinski definition) is 3. The van der Waals surface area contributed by atoms with Gasteiger partial charge in [-0.2, -0.15) is 0 Å². The van der Waals surface area contributed by atoms with Crippen molar-refractivity contribution in [1.82, 2.24) is 9.88 Å². The molecule has 1 aliphatic rings. The number of ether oxygens (including phenoxy) is 1. The maximum absolute atomic E-state index is 11.3. The normalized spacial score (nSPS) is 21.9. The van der Waals surface area contributed by atoms with E-state index in [1.54, 1.807) is 17.3 Å². The Morgan fingerprint density at radius 1 is 1.55 bits per heavy atom. The van der Waals surface area contributed by atoms with Crippen molar-refractivity contribution >= 4 is 18.0 Å². The highest BCUT2D eigenvalue weighted by Gasteiger charge is 2.31. The minimum Gasteiger partial charge on any atom is -0.373 e. The molecule has 0 aromatic carbocycles. The first-order valence-corrected chi connectivity index (χ1v) is 7.34. The third-order valence-electron chi connectivity index (χ3n) is 3.86. The Labute approximate surface area is 125 Å². The van der Waals surface area contributed by atoms with Crippen molar-refractivity contribution in [3.8, 4) is 0 Å². The number of pyridine rings is 1. The van der Waals surface area contributed by atoms with E-state index in [1.165, 1.54) is 0 Å². The summed E-state index contributed by atoms with van der Waals surface area (Å²) < 4.78 is 5.74. The first kappa shape index (κ1) is 15.3. The number of carbonyl (C=O) groups is 1. The molecular formula is C15H21ClN2O2. The zero-order chi connectivity index (χ0) is 14.6. The second kappa shape index (κ2) is 6.55. The lowest BCUT2D eigenvalue weighted by molar-refractivity contribution is -0.121. The van der Waals surface area contributed by atoms with Gasteiger partial charge in [0.25, 0.3) is 0 Å². The molecule has 1 saturated heterocycles. The standard InChI is InChI=1S/C15H21ClN2O2/c1-12-8-17-9-14(16)13(12)4-6-18(11-19)10-15(2)5-3-7-20-15/h8-9,11H,3-7,10H2,1-2H3/t15-/m1/s1. The molecule has 4 nitrogen and oxygen atoms in total. The summed E-state index contributed by atoms with van der Waals surface area (Å²) >= 11 is 6.16. The van der Waals surface area contributed by atoms with Gasteiger partial charge in [0.1, 0.15) is 0 Å². The Balaban J connectivity index is 1.95. The second-order valence-electron chi connectivity index (χ2n) is 5.64. The molecule has 1 atom stereocenters. The van der Waals surface area contributed by atoms with Crippen LogP contribution in [0.5, 0.6) is 0 Å². The summed E-state index contributed by atoms with van der Waals surface area (Å²) in [4.78, 5) is 17.1. The van der Waals surface area contributed by atoms with Crippen LogP contribution in [0.15, 0.2) is 12.4 Å². The van der Waals surface area contributed by atoms with Gasteiger partial charge < -0.3 is 9.64 Å². The number of aryl methyl sites for hydroxylation is 1. The van der Waals surface area contributed by atoms with Gasteiger partial charge in [-0.05, 0) is 44.2 Å². The molecule has 0 N–H and O–H groups in total. The van der Waals surface area contributed by atoms with Crippen molar-refractivity contribution in [2.24, 2.45) is 0 Å². The third-order valence-corrected chi connectivity index (χ3v) is 4.18. The first-order chi connectivity index (χ1) is 9.54. The average Bonchev–Trinajstić information content (AvgIpc) is 2.83. The van der Waals surface area contributed by atoms with Gasteiger partial charge in [-0.3, -0.25) is 9.78 Å². The third kappa shape index (κ3) is 3.70. The molecule has 1 aliphatic heterocycles. The van der Waals surface area contributed by atoms with Gasteiger partial charge in [0, 0.05) is 32.1 Å². The van der Waals surface area contributed by atoms with Gasteiger partial charge in [0.05, 0.1) is 10.6 Å². The van der Waals surface area contributed by atoms with Crippen molar-refractivity contribution in [3.05, 3.63) is 28.5 Å². The average molecular weight is 297 g/mol. The lowest BCUT2D eigenvalue weighted by Crippen LogP contribution is -2.40. The Hall–Kier alpha value is -1.13. The molecule has 2 heterocycles. The minimum atomic E-state index is -0.196. The van der Waals surface area contributed by atoms with Gasteiger partial charge in [-0.1, -0.05) is 11.6 Å². The van der Waals surface area contributed by atoms with Crippen LogP contribution in [0, 0.1) is 6.92 Å². The zero-order valence-electron chi connectivity index (χ0n) is 12.1. The second-order valence-corrected chi connectivity index (χ2v) is 6.05. The van der Waals surface area contributed by atoms with E-state index >= 15 is 0 Å².